The van der Waals surface area contributed by atoms with Crippen LogP contribution in [0, 0.1) is 0 Å². The Bertz CT molecular complexity index is 757. The summed E-state index contributed by atoms with van der Waals surface area (Å²) in [5, 5.41) is 1.12. The highest BCUT2D eigenvalue weighted by molar-refractivity contribution is 5.97. The van der Waals surface area contributed by atoms with E-state index in [-0.39, 0.29) is 0 Å². The Morgan fingerprint density at radius 3 is 2.65 bits per heavy atom. The summed E-state index contributed by atoms with van der Waals surface area (Å²) in [7, 11) is 1.68. The summed E-state index contributed by atoms with van der Waals surface area (Å²) < 4.78 is 11.5. The maximum Gasteiger partial charge on any atom is 0.176 e. The zero-order valence-corrected chi connectivity index (χ0v) is 11.3. The van der Waals surface area contributed by atoms with Crippen molar-refractivity contribution >= 4 is 11.0 Å². The Labute approximate surface area is 117 Å². The van der Waals surface area contributed by atoms with Crippen LogP contribution in [0.15, 0.2) is 47.1 Å². The second-order valence-corrected chi connectivity index (χ2v) is 5.22. The van der Waals surface area contributed by atoms with Crippen LogP contribution in [0.25, 0.3) is 22.1 Å². The fraction of sp³-hybridized carbons (Fsp3) is 0.235. The van der Waals surface area contributed by atoms with Crippen molar-refractivity contribution in [3.05, 3.63) is 48.5 Å². The first-order valence-corrected chi connectivity index (χ1v) is 6.87. The highest BCUT2D eigenvalue weighted by Crippen LogP contribution is 2.45. The predicted octanol–water partition coefficient (Wildman–Crippen LogP) is 4.38. The summed E-state index contributed by atoms with van der Waals surface area (Å²) in [6, 6.07) is 10.3. The molecular formula is C17H15NO2. The minimum atomic E-state index is 0.595. The number of furan rings is 1. The molecule has 0 N–H and O–H groups in total. The lowest BCUT2D eigenvalue weighted by molar-refractivity contribution is 0.407. The van der Waals surface area contributed by atoms with Crippen molar-refractivity contribution in [2.45, 2.75) is 18.8 Å². The van der Waals surface area contributed by atoms with Gasteiger partial charge in [0.1, 0.15) is 5.76 Å². The van der Waals surface area contributed by atoms with Crippen LogP contribution in [0.1, 0.15) is 24.5 Å². The molecule has 0 amide bonds. The van der Waals surface area contributed by atoms with Crippen molar-refractivity contribution in [3.8, 4) is 16.9 Å². The zero-order chi connectivity index (χ0) is 13.5. The van der Waals surface area contributed by atoms with E-state index >= 15 is 0 Å². The Kier molecular flexibility index (Phi) is 2.52. The van der Waals surface area contributed by atoms with Gasteiger partial charge in [0.15, 0.2) is 11.3 Å². The van der Waals surface area contributed by atoms with Gasteiger partial charge in [-0.05, 0) is 54.3 Å². The van der Waals surface area contributed by atoms with Crippen LogP contribution in [0.5, 0.6) is 5.75 Å². The van der Waals surface area contributed by atoms with Crippen LogP contribution in [-0.2, 0) is 0 Å². The molecule has 1 saturated carbocycles. The van der Waals surface area contributed by atoms with Crippen molar-refractivity contribution < 1.29 is 9.15 Å². The van der Waals surface area contributed by atoms with Crippen LogP contribution in [0.2, 0.25) is 0 Å². The van der Waals surface area contributed by atoms with Gasteiger partial charge in [0.05, 0.1) is 7.11 Å². The van der Waals surface area contributed by atoms with E-state index in [4.69, 9.17) is 9.15 Å². The molecule has 0 atom stereocenters. The number of benzene rings is 1. The third kappa shape index (κ3) is 1.78. The van der Waals surface area contributed by atoms with E-state index in [1.54, 1.807) is 7.11 Å². The first-order chi connectivity index (χ1) is 9.86. The average Bonchev–Trinajstić information content (AvgIpc) is 3.26. The summed E-state index contributed by atoms with van der Waals surface area (Å²) >= 11 is 0. The van der Waals surface area contributed by atoms with Crippen molar-refractivity contribution in [2.75, 3.05) is 7.11 Å². The fourth-order valence-electron chi connectivity index (χ4n) is 2.63. The lowest BCUT2D eigenvalue weighted by atomic mass is 10.0. The van der Waals surface area contributed by atoms with Crippen molar-refractivity contribution in [1.82, 2.24) is 4.98 Å². The number of methoxy groups -OCH3 is 1. The molecule has 3 nitrogen and oxygen atoms in total. The Morgan fingerprint density at radius 1 is 1.15 bits per heavy atom. The molecule has 3 heteroatoms. The Morgan fingerprint density at radius 2 is 1.95 bits per heavy atom. The molecule has 1 fully saturated rings. The average molecular weight is 265 g/mol. The summed E-state index contributed by atoms with van der Waals surface area (Å²) in [6.07, 6.45) is 6.08. The standard InChI is InChI=1S/C17H15NO2/c1-19-15-5-4-13(11-6-8-18-9-7-11)14-10-16(12-2-3-12)20-17(14)15/h4-10,12H,2-3H2,1H3. The van der Waals surface area contributed by atoms with Gasteiger partial charge < -0.3 is 9.15 Å². The number of rotatable bonds is 3. The third-order valence-electron chi connectivity index (χ3n) is 3.86. The molecule has 4 rings (SSSR count). The summed E-state index contributed by atoms with van der Waals surface area (Å²) in [4.78, 5) is 4.08. The molecule has 2 heterocycles. The van der Waals surface area contributed by atoms with Crippen molar-refractivity contribution in [2.24, 2.45) is 0 Å². The second-order valence-electron chi connectivity index (χ2n) is 5.22. The second kappa shape index (κ2) is 4.37. The van der Waals surface area contributed by atoms with Gasteiger partial charge in [-0.2, -0.15) is 0 Å². The zero-order valence-electron chi connectivity index (χ0n) is 11.3. The predicted molar refractivity (Wildman–Crippen MR) is 78.0 cm³/mol. The van der Waals surface area contributed by atoms with E-state index in [0.717, 1.165) is 28.0 Å². The first-order valence-electron chi connectivity index (χ1n) is 6.87. The molecule has 20 heavy (non-hydrogen) atoms. The molecule has 1 aromatic carbocycles. The van der Waals surface area contributed by atoms with Crippen LogP contribution < -0.4 is 4.74 Å². The van der Waals surface area contributed by atoms with Crippen LogP contribution in [0.4, 0.5) is 0 Å². The molecule has 100 valence electrons. The van der Waals surface area contributed by atoms with Gasteiger partial charge in [0.25, 0.3) is 0 Å². The lowest BCUT2D eigenvalue weighted by Crippen LogP contribution is -1.85. The van der Waals surface area contributed by atoms with Gasteiger partial charge in [0, 0.05) is 23.7 Å². The van der Waals surface area contributed by atoms with Gasteiger partial charge in [-0.15, -0.1) is 0 Å². The van der Waals surface area contributed by atoms with Gasteiger partial charge in [-0.3, -0.25) is 4.98 Å². The molecule has 2 aromatic heterocycles. The van der Waals surface area contributed by atoms with E-state index in [0.29, 0.717) is 5.92 Å². The van der Waals surface area contributed by atoms with E-state index in [1.807, 2.05) is 30.6 Å². The third-order valence-corrected chi connectivity index (χ3v) is 3.86. The van der Waals surface area contributed by atoms with Crippen molar-refractivity contribution in [1.29, 1.82) is 0 Å². The SMILES string of the molecule is COc1ccc(-c2ccncc2)c2cc(C3CC3)oc12. The molecule has 0 spiro atoms. The number of nitrogens with zero attached hydrogens (tertiary/aromatic N) is 1. The largest absolute Gasteiger partial charge is 0.493 e. The van der Waals surface area contributed by atoms with Crippen LogP contribution in [0.3, 0.4) is 0 Å². The quantitative estimate of drug-likeness (QED) is 0.705. The fourth-order valence-corrected chi connectivity index (χ4v) is 2.63. The normalized spacial score (nSPS) is 14.7. The van der Waals surface area contributed by atoms with Crippen LogP contribution >= 0.6 is 0 Å². The van der Waals surface area contributed by atoms with E-state index in [9.17, 15) is 0 Å². The molecular weight excluding hydrogens is 250 g/mol. The molecule has 1 aliphatic carbocycles. The number of pyridine rings is 1. The molecule has 0 unspecified atom stereocenters. The van der Waals surface area contributed by atoms with Gasteiger partial charge in [0.2, 0.25) is 0 Å². The monoisotopic (exact) mass is 265 g/mol. The molecule has 3 aromatic rings. The minimum Gasteiger partial charge on any atom is -0.493 e. The highest BCUT2D eigenvalue weighted by atomic mass is 16.5. The summed E-state index contributed by atoms with van der Waals surface area (Å²) in [6.45, 7) is 0. The summed E-state index contributed by atoms with van der Waals surface area (Å²) in [5.74, 6) is 2.47. The van der Waals surface area contributed by atoms with Crippen LogP contribution in [-0.4, -0.2) is 12.1 Å². The topological polar surface area (TPSA) is 35.3 Å². The number of hydrogen-bond acceptors (Lipinski definition) is 3. The number of aromatic nitrogens is 1. The molecule has 0 radical (unpaired) electrons. The Hall–Kier alpha value is -2.29. The van der Waals surface area contributed by atoms with Gasteiger partial charge in [-0.25, -0.2) is 0 Å². The molecule has 0 saturated heterocycles. The first kappa shape index (κ1) is 11.5. The molecule has 0 aliphatic heterocycles. The lowest BCUT2D eigenvalue weighted by Gasteiger charge is -2.05. The molecule has 0 bridgehead atoms. The maximum atomic E-state index is 6.04. The van der Waals surface area contributed by atoms with Crippen molar-refractivity contribution in [3.63, 3.8) is 0 Å². The van der Waals surface area contributed by atoms with Gasteiger partial charge >= 0.3 is 0 Å². The Balaban J connectivity index is 1.97. The molecule has 1 aliphatic rings. The maximum absolute atomic E-state index is 6.04. The highest BCUT2D eigenvalue weighted by Gasteiger charge is 2.28. The smallest absolute Gasteiger partial charge is 0.176 e. The van der Waals surface area contributed by atoms with E-state index in [1.165, 1.54) is 18.4 Å². The van der Waals surface area contributed by atoms with E-state index in [2.05, 4.69) is 17.1 Å². The number of fused-ring (bicyclic) bond motifs is 1. The number of hydrogen-bond donors (Lipinski definition) is 0. The minimum absolute atomic E-state index is 0.595. The number of ether oxygens (including phenoxy) is 1. The van der Waals surface area contributed by atoms with E-state index < -0.39 is 0 Å². The van der Waals surface area contributed by atoms with Gasteiger partial charge in [-0.1, -0.05) is 0 Å². The summed E-state index contributed by atoms with van der Waals surface area (Å²) in [5.41, 5.74) is 3.17.